The van der Waals surface area contributed by atoms with Gasteiger partial charge in [-0.3, -0.25) is 4.79 Å². The Kier molecular flexibility index (Phi) is 4.94. The first-order valence-electron chi connectivity index (χ1n) is 8.71. The van der Waals surface area contributed by atoms with Gasteiger partial charge < -0.3 is 15.0 Å². The molecule has 8 heteroatoms. The number of aromatic carboxylic acids is 1. The summed E-state index contributed by atoms with van der Waals surface area (Å²) in [7, 11) is 2.00. The van der Waals surface area contributed by atoms with Gasteiger partial charge in [0.05, 0.1) is 21.2 Å². The van der Waals surface area contributed by atoms with Crippen molar-refractivity contribution >= 4 is 63.1 Å². The van der Waals surface area contributed by atoms with Crippen LogP contribution in [-0.2, 0) is 11.8 Å². The van der Waals surface area contributed by atoms with Crippen LogP contribution in [0.4, 0.5) is 5.69 Å². The molecule has 0 spiro atoms. The van der Waals surface area contributed by atoms with Crippen molar-refractivity contribution in [1.29, 1.82) is 0 Å². The quantitative estimate of drug-likeness (QED) is 0.594. The molecule has 0 radical (unpaired) electrons. The van der Waals surface area contributed by atoms with Gasteiger partial charge in [0.2, 0.25) is 0 Å². The van der Waals surface area contributed by atoms with Gasteiger partial charge in [-0.15, -0.1) is 0 Å². The van der Waals surface area contributed by atoms with E-state index in [-0.39, 0.29) is 16.5 Å². The zero-order valence-corrected chi connectivity index (χ0v) is 17.1. The van der Waals surface area contributed by atoms with Crippen molar-refractivity contribution in [3.8, 4) is 0 Å². The number of nitrogens with one attached hydrogen (secondary N) is 1. The fraction of sp³-hybridized carbons (Fsp3) is 0.0952. The van der Waals surface area contributed by atoms with E-state index in [9.17, 15) is 14.7 Å². The van der Waals surface area contributed by atoms with E-state index in [0.29, 0.717) is 15.8 Å². The number of benzene rings is 2. The summed E-state index contributed by atoms with van der Waals surface area (Å²) in [5.41, 5.74) is 3.50. The molecule has 0 bridgehead atoms. The van der Waals surface area contributed by atoms with Crippen LogP contribution in [0.1, 0.15) is 21.6 Å². The second-order valence-electron chi connectivity index (χ2n) is 6.53. The number of carbonyl (C=O) groups is 2. The minimum absolute atomic E-state index is 0.0371. The van der Waals surface area contributed by atoms with Gasteiger partial charge in [0, 0.05) is 29.2 Å². The summed E-state index contributed by atoms with van der Waals surface area (Å²) in [6.07, 6.45) is 1.87. The number of halogens is 1. The Hall–Kier alpha value is -3.03. The molecule has 1 aliphatic heterocycles. The number of hydrogen-bond acceptors (Lipinski definition) is 4. The van der Waals surface area contributed by atoms with E-state index in [0.717, 1.165) is 22.2 Å². The summed E-state index contributed by atoms with van der Waals surface area (Å²) in [5, 5.41) is 13.5. The Morgan fingerprint density at radius 2 is 2.03 bits per heavy atom. The van der Waals surface area contributed by atoms with Crippen LogP contribution in [0.25, 0.3) is 17.0 Å². The largest absolute Gasteiger partial charge is 0.478 e. The number of amidine groups is 1. The highest BCUT2D eigenvalue weighted by Crippen LogP contribution is 2.33. The van der Waals surface area contributed by atoms with Gasteiger partial charge in [-0.2, -0.15) is 0 Å². The van der Waals surface area contributed by atoms with Crippen molar-refractivity contribution in [2.24, 2.45) is 12.0 Å². The summed E-state index contributed by atoms with van der Waals surface area (Å²) in [6, 6.07) is 12.5. The van der Waals surface area contributed by atoms with Gasteiger partial charge in [-0.25, -0.2) is 9.79 Å². The number of thioether (sulfide) groups is 1. The molecule has 1 aromatic heterocycles. The summed E-state index contributed by atoms with van der Waals surface area (Å²) >= 11 is 7.11. The topological polar surface area (TPSA) is 83.7 Å². The Balaban J connectivity index is 1.69. The molecule has 0 atom stereocenters. The van der Waals surface area contributed by atoms with Crippen molar-refractivity contribution in [2.45, 2.75) is 6.92 Å². The number of aromatic nitrogens is 1. The number of aliphatic imine (C=N–C) groups is 1. The molecule has 4 rings (SSSR count). The number of carboxylic acid groups (broad SMARTS) is 1. The molecule has 6 nitrogen and oxygen atoms in total. The molecule has 29 heavy (non-hydrogen) atoms. The lowest BCUT2D eigenvalue weighted by molar-refractivity contribution is -0.115. The van der Waals surface area contributed by atoms with E-state index in [4.69, 9.17) is 11.6 Å². The number of aryl methyl sites for hydroxylation is 1. The first kappa shape index (κ1) is 19.3. The molecule has 146 valence electrons. The van der Waals surface area contributed by atoms with Crippen LogP contribution >= 0.6 is 23.4 Å². The molecule has 3 aromatic rings. The molecule has 1 amide bonds. The van der Waals surface area contributed by atoms with Crippen LogP contribution in [0.5, 0.6) is 0 Å². The summed E-state index contributed by atoms with van der Waals surface area (Å²) in [6.45, 7) is 2.01. The van der Waals surface area contributed by atoms with Crippen LogP contribution < -0.4 is 5.32 Å². The van der Waals surface area contributed by atoms with Crippen molar-refractivity contribution in [2.75, 3.05) is 0 Å². The molecular weight excluding hydrogens is 410 g/mol. The van der Waals surface area contributed by atoms with E-state index in [1.54, 1.807) is 6.07 Å². The lowest BCUT2D eigenvalue weighted by Crippen LogP contribution is -2.19. The number of para-hydroxylation sites is 1. The lowest BCUT2D eigenvalue weighted by atomic mass is 10.1. The fourth-order valence-corrected chi connectivity index (χ4v) is 4.23. The third-order valence-electron chi connectivity index (χ3n) is 4.79. The van der Waals surface area contributed by atoms with E-state index < -0.39 is 5.97 Å². The highest BCUT2D eigenvalue weighted by molar-refractivity contribution is 8.18. The number of amides is 1. The van der Waals surface area contributed by atoms with Gasteiger partial charge in [0.15, 0.2) is 5.17 Å². The average Bonchev–Trinajstić information content (AvgIpc) is 3.15. The SMILES string of the molecule is Cc1c(/C=C2\SC(=Nc3ccc(Cl)c(C(=O)O)c3)NC2=O)c2ccccc2n1C. The fourth-order valence-electron chi connectivity index (χ4n) is 3.21. The number of carboxylic acids is 1. The first-order chi connectivity index (χ1) is 13.8. The molecule has 1 fully saturated rings. The van der Waals surface area contributed by atoms with Crippen LogP contribution in [0.3, 0.4) is 0 Å². The van der Waals surface area contributed by atoms with Crippen LogP contribution in [0, 0.1) is 6.92 Å². The van der Waals surface area contributed by atoms with Crippen molar-refractivity contribution in [3.63, 3.8) is 0 Å². The maximum Gasteiger partial charge on any atom is 0.337 e. The standard InChI is InChI=1S/C21H16ClN3O3S/c1-11-14(13-5-3-4-6-17(13)25(11)2)10-18-19(26)24-21(29-18)23-12-7-8-16(22)15(9-12)20(27)28/h3-10H,1-2H3,(H,27,28)(H,23,24,26)/b18-10-. The lowest BCUT2D eigenvalue weighted by Gasteiger charge is -2.01. The highest BCUT2D eigenvalue weighted by Gasteiger charge is 2.25. The Labute approximate surface area is 175 Å². The van der Waals surface area contributed by atoms with Crippen LogP contribution in [-0.4, -0.2) is 26.7 Å². The zero-order chi connectivity index (χ0) is 20.7. The van der Waals surface area contributed by atoms with Crippen LogP contribution in [0.15, 0.2) is 52.4 Å². The Morgan fingerprint density at radius 1 is 1.28 bits per heavy atom. The molecule has 2 N–H and O–H groups in total. The van der Waals surface area contributed by atoms with E-state index in [1.165, 1.54) is 23.9 Å². The summed E-state index contributed by atoms with van der Waals surface area (Å²) in [5.74, 6) is -1.37. The predicted molar refractivity (Wildman–Crippen MR) is 117 cm³/mol. The zero-order valence-electron chi connectivity index (χ0n) is 15.6. The molecule has 1 aliphatic rings. The Morgan fingerprint density at radius 3 is 2.79 bits per heavy atom. The molecule has 0 unspecified atom stereocenters. The molecule has 1 saturated heterocycles. The number of nitrogens with zero attached hydrogens (tertiary/aromatic N) is 2. The summed E-state index contributed by atoms with van der Waals surface area (Å²) < 4.78 is 2.09. The van der Waals surface area contributed by atoms with Gasteiger partial charge in [0.1, 0.15) is 0 Å². The maximum absolute atomic E-state index is 12.5. The average molecular weight is 426 g/mol. The number of fused-ring (bicyclic) bond motifs is 1. The molecule has 0 saturated carbocycles. The van der Waals surface area contributed by atoms with Crippen LogP contribution in [0.2, 0.25) is 5.02 Å². The highest BCUT2D eigenvalue weighted by atomic mass is 35.5. The summed E-state index contributed by atoms with van der Waals surface area (Å²) in [4.78, 5) is 28.6. The van der Waals surface area contributed by atoms with Crippen molar-refractivity contribution in [3.05, 3.63) is 69.2 Å². The number of rotatable bonds is 3. The third-order valence-corrected chi connectivity index (χ3v) is 6.03. The van der Waals surface area contributed by atoms with Gasteiger partial charge in [-0.1, -0.05) is 29.8 Å². The van der Waals surface area contributed by atoms with Gasteiger partial charge in [0.25, 0.3) is 5.91 Å². The third kappa shape index (κ3) is 3.54. The van der Waals surface area contributed by atoms with Crippen molar-refractivity contribution < 1.29 is 14.7 Å². The monoisotopic (exact) mass is 425 g/mol. The second kappa shape index (κ2) is 7.42. The normalized spacial score (nSPS) is 16.7. The number of hydrogen-bond donors (Lipinski definition) is 2. The molecular formula is C21H16ClN3O3S. The first-order valence-corrected chi connectivity index (χ1v) is 9.91. The Bertz CT molecular complexity index is 1240. The molecule has 2 aromatic carbocycles. The smallest absolute Gasteiger partial charge is 0.337 e. The van der Waals surface area contributed by atoms with E-state index in [1.807, 2.05) is 44.3 Å². The molecule has 0 aliphatic carbocycles. The maximum atomic E-state index is 12.5. The van der Waals surface area contributed by atoms with E-state index in [2.05, 4.69) is 14.9 Å². The van der Waals surface area contributed by atoms with Gasteiger partial charge in [-0.05, 0) is 49.0 Å². The minimum Gasteiger partial charge on any atom is -0.478 e. The number of carbonyl (C=O) groups excluding carboxylic acids is 1. The van der Waals surface area contributed by atoms with E-state index >= 15 is 0 Å². The second-order valence-corrected chi connectivity index (χ2v) is 7.96. The minimum atomic E-state index is -1.13. The van der Waals surface area contributed by atoms with Gasteiger partial charge >= 0.3 is 5.97 Å². The molecule has 2 heterocycles. The van der Waals surface area contributed by atoms with Crippen molar-refractivity contribution in [1.82, 2.24) is 9.88 Å². The predicted octanol–water partition coefficient (Wildman–Crippen LogP) is 4.73.